The average Bonchev–Trinajstić information content (AvgIpc) is 2.26. The maximum Gasteiger partial charge on any atom is 0.323 e. The second-order valence-corrected chi connectivity index (χ2v) is 4.48. The first-order chi connectivity index (χ1) is 7.15. The predicted molar refractivity (Wildman–Crippen MR) is 59.0 cm³/mol. The standard InChI is InChI=1S/C9H16N2O3S/c1-2-11(5-8(12)13)9(14)7-6-15-4-3-10-7/h7,10H,2-6H2,1H3,(H,12,13). The van der Waals surface area contributed by atoms with Crippen LogP contribution in [-0.2, 0) is 9.59 Å². The van der Waals surface area contributed by atoms with Gasteiger partial charge in [0, 0.05) is 24.6 Å². The Hall–Kier alpha value is -0.750. The summed E-state index contributed by atoms with van der Waals surface area (Å²) in [5.74, 6) is 0.671. The Labute approximate surface area is 93.2 Å². The lowest BCUT2D eigenvalue weighted by Gasteiger charge is -2.27. The van der Waals surface area contributed by atoms with Crippen LogP contribution in [0.2, 0.25) is 0 Å². The van der Waals surface area contributed by atoms with E-state index < -0.39 is 5.97 Å². The molecule has 0 radical (unpaired) electrons. The lowest BCUT2D eigenvalue weighted by molar-refractivity contribution is -0.145. The van der Waals surface area contributed by atoms with Crippen molar-refractivity contribution in [2.75, 3.05) is 31.1 Å². The second kappa shape index (κ2) is 5.97. The summed E-state index contributed by atoms with van der Waals surface area (Å²) in [6, 6.07) is -0.219. The van der Waals surface area contributed by atoms with Crippen LogP contribution in [0, 0.1) is 0 Å². The third-order valence-electron chi connectivity index (χ3n) is 2.24. The van der Waals surface area contributed by atoms with Crippen molar-refractivity contribution in [3.63, 3.8) is 0 Å². The number of carbonyl (C=O) groups excluding carboxylic acids is 1. The van der Waals surface area contributed by atoms with E-state index >= 15 is 0 Å². The Bertz CT molecular complexity index is 242. The molecule has 1 fully saturated rings. The van der Waals surface area contributed by atoms with Gasteiger partial charge in [-0.15, -0.1) is 0 Å². The molecule has 0 aromatic carbocycles. The Morgan fingerprint density at radius 3 is 2.80 bits per heavy atom. The zero-order valence-electron chi connectivity index (χ0n) is 8.73. The van der Waals surface area contributed by atoms with Crippen LogP contribution >= 0.6 is 11.8 Å². The van der Waals surface area contributed by atoms with Crippen LogP contribution in [0.5, 0.6) is 0 Å². The van der Waals surface area contributed by atoms with E-state index in [1.165, 1.54) is 4.90 Å². The fourth-order valence-corrected chi connectivity index (χ4v) is 2.38. The van der Waals surface area contributed by atoms with Gasteiger partial charge < -0.3 is 15.3 Å². The van der Waals surface area contributed by atoms with E-state index in [9.17, 15) is 9.59 Å². The Morgan fingerprint density at radius 2 is 2.33 bits per heavy atom. The van der Waals surface area contributed by atoms with Crippen LogP contribution in [0.1, 0.15) is 6.92 Å². The maximum atomic E-state index is 11.9. The summed E-state index contributed by atoms with van der Waals surface area (Å²) in [6.45, 7) is 2.83. The first-order valence-electron chi connectivity index (χ1n) is 4.97. The zero-order chi connectivity index (χ0) is 11.3. The molecule has 1 aliphatic heterocycles. The molecular formula is C9H16N2O3S. The number of carbonyl (C=O) groups is 2. The predicted octanol–water partition coefficient (Wildman–Crippen LogP) is -0.375. The Balaban J connectivity index is 2.50. The van der Waals surface area contributed by atoms with Crippen LogP contribution in [0.15, 0.2) is 0 Å². The largest absolute Gasteiger partial charge is 0.480 e. The van der Waals surface area contributed by atoms with Gasteiger partial charge in [-0.05, 0) is 6.92 Å². The van der Waals surface area contributed by atoms with Gasteiger partial charge in [0.25, 0.3) is 0 Å². The number of thioether (sulfide) groups is 1. The van der Waals surface area contributed by atoms with Gasteiger partial charge in [0.1, 0.15) is 6.54 Å². The first-order valence-corrected chi connectivity index (χ1v) is 6.12. The van der Waals surface area contributed by atoms with Gasteiger partial charge in [-0.3, -0.25) is 9.59 Å². The van der Waals surface area contributed by atoms with E-state index in [1.54, 1.807) is 18.7 Å². The van der Waals surface area contributed by atoms with Gasteiger partial charge in [-0.2, -0.15) is 11.8 Å². The molecule has 0 aromatic heterocycles. The maximum absolute atomic E-state index is 11.9. The van der Waals surface area contributed by atoms with Crippen LogP contribution in [0.25, 0.3) is 0 Å². The van der Waals surface area contributed by atoms with E-state index in [1.807, 2.05) is 0 Å². The van der Waals surface area contributed by atoms with Crippen molar-refractivity contribution < 1.29 is 14.7 Å². The Kier molecular flexibility index (Phi) is 4.90. The minimum atomic E-state index is -0.964. The van der Waals surface area contributed by atoms with Crippen LogP contribution in [0.4, 0.5) is 0 Å². The number of amides is 1. The molecule has 0 saturated carbocycles. The summed E-state index contributed by atoms with van der Waals surface area (Å²) in [5.41, 5.74) is 0. The van der Waals surface area contributed by atoms with Gasteiger partial charge >= 0.3 is 5.97 Å². The van der Waals surface area contributed by atoms with E-state index in [0.717, 1.165) is 18.1 Å². The Morgan fingerprint density at radius 1 is 1.60 bits per heavy atom. The molecule has 1 heterocycles. The van der Waals surface area contributed by atoms with Crippen molar-refractivity contribution in [1.82, 2.24) is 10.2 Å². The minimum Gasteiger partial charge on any atom is -0.480 e. The highest BCUT2D eigenvalue weighted by molar-refractivity contribution is 7.99. The number of likely N-dealkylation sites (N-methyl/N-ethyl adjacent to an activating group) is 1. The average molecular weight is 232 g/mol. The molecule has 2 N–H and O–H groups in total. The summed E-state index contributed by atoms with van der Waals surface area (Å²) < 4.78 is 0. The van der Waals surface area contributed by atoms with E-state index in [2.05, 4.69) is 5.32 Å². The van der Waals surface area contributed by atoms with Gasteiger partial charge in [0.2, 0.25) is 5.91 Å². The van der Waals surface area contributed by atoms with Crippen molar-refractivity contribution in [2.24, 2.45) is 0 Å². The highest BCUT2D eigenvalue weighted by Gasteiger charge is 2.26. The molecule has 1 atom stereocenters. The number of carboxylic acids is 1. The van der Waals surface area contributed by atoms with Crippen molar-refractivity contribution in [1.29, 1.82) is 0 Å². The number of nitrogens with zero attached hydrogens (tertiary/aromatic N) is 1. The molecule has 0 aromatic rings. The SMILES string of the molecule is CCN(CC(=O)O)C(=O)C1CSCCN1. The van der Waals surface area contributed by atoms with Crippen molar-refractivity contribution >= 4 is 23.6 Å². The molecule has 1 amide bonds. The molecule has 15 heavy (non-hydrogen) atoms. The molecule has 5 nitrogen and oxygen atoms in total. The summed E-state index contributed by atoms with van der Waals surface area (Å²) in [7, 11) is 0. The lowest BCUT2D eigenvalue weighted by atomic mass is 10.2. The third kappa shape index (κ3) is 3.71. The third-order valence-corrected chi connectivity index (χ3v) is 3.30. The number of nitrogens with one attached hydrogen (secondary N) is 1. The van der Waals surface area contributed by atoms with Gasteiger partial charge in [0.05, 0.1) is 6.04 Å². The highest BCUT2D eigenvalue weighted by atomic mass is 32.2. The minimum absolute atomic E-state index is 0.105. The quantitative estimate of drug-likeness (QED) is 0.692. The van der Waals surface area contributed by atoms with Crippen LogP contribution in [-0.4, -0.2) is 59.1 Å². The first kappa shape index (κ1) is 12.3. The molecule has 1 rings (SSSR count). The highest BCUT2D eigenvalue weighted by Crippen LogP contribution is 2.09. The smallest absolute Gasteiger partial charge is 0.323 e. The van der Waals surface area contributed by atoms with Gasteiger partial charge in [-0.1, -0.05) is 0 Å². The topological polar surface area (TPSA) is 69.6 Å². The van der Waals surface area contributed by atoms with E-state index in [0.29, 0.717) is 6.54 Å². The van der Waals surface area contributed by atoms with Crippen molar-refractivity contribution in [3.8, 4) is 0 Å². The molecular weight excluding hydrogens is 216 g/mol. The summed E-state index contributed by atoms with van der Waals surface area (Å²) in [6.07, 6.45) is 0. The normalized spacial score (nSPS) is 21.0. The molecule has 0 spiro atoms. The molecule has 1 aliphatic rings. The molecule has 0 aliphatic carbocycles. The molecule has 1 saturated heterocycles. The number of rotatable bonds is 4. The molecule has 6 heteroatoms. The molecule has 86 valence electrons. The number of carboxylic acid groups (broad SMARTS) is 1. The van der Waals surface area contributed by atoms with Crippen molar-refractivity contribution in [3.05, 3.63) is 0 Å². The van der Waals surface area contributed by atoms with Gasteiger partial charge in [-0.25, -0.2) is 0 Å². The summed E-state index contributed by atoms with van der Waals surface area (Å²) >= 11 is 1.72. The second-order valence-electron chi connectivity index (χ2n) is 3.33. The van der Waals surface area contributed by atoms with E-state index in [4.69, 9.17) is 5.11 Å². The fraction of sp³-hybridized carbons (Fsp3) is 0.778. The van der Waals surface area contributed by atoms with Crippen molar-refractivity contribution in [2.45, 2.75) is 13.0 Å². The monoisotopic (exact) mass is 232 g/mol. The molecule has 1 unspecified atom stereocenters. The number of hydrogen-bond donors (Lipinski definition) is 2. The summed E-state index contributed by atoms with van der Waals surface area (Å²) in [5, 5.41) is 11.7. The zero-order valence-corrected chi connectivity index (χ0v) is 9.55. The lowest BCUT2D eigenvalue weighted by Crippen LogP contribution is -2.51. The van der Waals surface area contributed by atoms with Crippen LogP contribution < -0.4 is 5.32 Å². The van der Waals surface area contributed by atoms with Gasteiger partial charge in [0.15, 0.2) is 0 Å². The summed E-state index contributed by atoms with van der Waals surface area (Å²) in [4.78, 5) is 23.8. The molecule has 0 bridgehead atoms. The fourth-order valence-electron chi connectivity index (χ4n) is 1.45. The number of hydrogen-bond acceptors (Lipinski definition) is 4. The number of aliphatic carboxylic acids is 1. The van der Waals surface area contributed by atoms with Crippen LogP contribution in [0.3, 0.4) is 0 Å². The van der Waals surface area contributed by atoms with E-state index in [-0.39, 0.29) is 18.5 Å².